The lowest BCUT2D eigenvalue weighted by molar-refractivity contribution is 0.933. The second kappa shape index (κ2) is 6.08. The molecule has 0 aliphatic heterocycles. The van der Waals surface area contributed by atoms with E-state index in [1.54, 1.807) is 0 Å². The van der Waals surface area contributed by atoms with Gasteiger partial charge < -0.3 is 0 Å². The number of rotatable bonds is 3. The number of halogens is 2. The molecule has 0 aliphatic carbocycles. The van der Waals surface area contributed by atoms with Gasteiger partial charge in [0.25, 0.3) is 0 Å². The summed E-state index contributed by atoms with van der Waals surface area (Å²) in [5.41, 5.74) is 2.66. The lowest BCUT2D eigenvalue weighted by Gasteiger charge is -2.07. The highest BCUT2D eigenvalue weighted by Gasteiger charge is 2.10. The average Bonchev–Trinajstić information content (AvgIpc) is 2.29. The summed E-state index contributed by atoms with van der Waals surface area (Å²) >= 11 is 9.76. The van der Waals surface area contributed by atoms with Crippen molar-refractivity contribution >= 4 is 32.6 Å². The van der Waals surface area contributed by atoms with Gasteiger partial charge in [0.1, 0.15) is 0 Å². The fraction of sp³-hybridized carbons (Fsp3) is 0.308. The largest absolute Gasteiger partial charge is 0.193 e. The van der Waals surface area contributed by atoms with Crippen LogP contribution in [-0.2, 0) is 0 Å². The Kier molecular flexibility index (Phi) is 5.05. The Labute approximate surface area is 110 Å². The third-order valence-corrected chi connectivity index (χ3v) is 3.81. The Morgan fingerprint density at radius 1 is 1.50 bits per heavy atom. The molecule has 0 heterocycles. The normalized spacial score (nSPS) is 11.9. The Balaban J connectivity index is 3.28. The van der Waals surface area contributed by atoms with E-state index >= 15 is 0 Å². The quantitative estimate of drug-likeness (QED) is 0.718. The van der Waals surface area contributed by atoms with Gasteiger partial charge in [-0.25, -0.2) is 0 Å². The van der Waals surface area contributed by atoms with Crippen LogP contribution < -0.4 is 0 Å². The van der Waals surface area contributed by atoms with Gasteiger partial charge in [0.05, 0.1) is 11.1 Å². The highest BCUT2D eigenvalue weighted by Crippen LogP contribution is 2.32. The summed E-state index contributed by atoms with van der Waals surface area (Å²) in [4.78, 5) is 0. The van der Waals surface area contributed by atoms with E-state index in [0.29, 0.717) is 10.6 Å². The van der Waals surface area contributed by atoms with Crippen LogP contribution in [0.5, 0.6) is 0 Å². The molecule has 0 spiro atoms. The van der Waals surface area contributed by atoms with Crippen molar-refractivity contribution in [1.82, 2.24) is 0 Å². The van der Waals surface area contributed by atoms with Crippen LogP contribution in [0.4, 0.5) is 0 Å². The third kappa shape index (κ3) is 2.87. The maximum Gasteiger partial charge on any atom is 0.0962 e. The van der Waals surface area contributed by atoms with E-state index in [0.717, 1.165) is 28.4 Å². The molecule has 0 atom stereocenters. The van der Waals surface area contributed by atoms with Gasteiger partial charge in [-0.2, -0.15) is 5.26 Å². The first-order chi connectivity index (χ1) is 7.61. The lowest BCUT2D eigenvalue weighted by Crippen LogP contribution is -1.88. The standard InChI is InChI=1S/C13H13BrClN/c1-3-5-10(8-16)13(15)11-7-4-6-9(2)12(11)14/h4,6-7H,3,5H2,1-2H3/b13-10-. The molecule has 0 bridgehead atoms. The first-order valence-corrected chi connectivity index (χ1v) is 6.33. The Hall–Kier alpha value is -0.780. The molecule has 1 nitrogen and oxygen atoms in total. The maximum absolute atomic E-state index is 9.04. The van der Waals surface area contributed by atoms with Crippen molar-refractivity contribution < 1.29 is 0 Å². The maximum atomic E-state index is 9.04. The van der Waals surface area contributed by atoms with Crippen molar-refractivity contribution in [3.05, 3.63) is 39.4 Å². The molecular weight excluding hydrogens is 286 g/mol. The summed E-state index contributed by atoms with van der Waals surface area (Å²) in [6.45, 7) is 4.04. The highest BCUT2D eigenvalue weighted by atomic mass is 79.9. The van der Waals surface area contributed by atoms with Crippen LogP contribution in [0.25, 0.3) is 5.03 Å². The van der Waals surface area contributed by atoms with Crippen molar-refractivity contribution in [2.75, 3.05) is 0 Å². The second-order valence-corrected chi connectivity index (χ2v) is 4.76. The Morgan fingerprint density at radius 2 is 2.19 bits per heavy atom. The van der Waals surface area contributed by atoms with Crippen molar-refractivity contribution in [2.24, 2.45) is 0 Å². The van der Waals surface area contributed by atoms with Crippen LogP contribution in [0.2, 0.25) is 0 Å². The predicted molar refractivity (Wildman–Crippen MR) is 72.2 cm³/mol. The molecule has 0 N–H and O–H groups in total. The first-order valence-electron chi connectivity index (χ1n) is 5.16. The minimum absolute atomic E-state index is 0.555. The molecule has 84 valence electrons. The summed E-state index contributed by atoms with van der Waals surface area (Å²) < 4.78 is 0.962. The second-order valence-electron chi connectivity index (χ2n) is 3.59. The number of hydrogen-bond donors (Lipinski definition) is 0. The Bertz CT molecular complexity index is 457. The van der Waals surface area contributed by atoms with Crippen LogP contribution in [0.3, 0.4) is 0 Å². The van der Waals surface area contributed by atoms with Crippen LogP contribution >= 0.6 is 27.5 Å². The van der Waals surface area contributed by atoms with Crippen LogP contribution in [0, 0.1) is 18.3 Å². The topological polar surface area (TPSA) is 23.8 Å². The molecule has 1 aromatic carbocycles. The molecule has 0 saturated carbocycles. The predicted octanol–water partition coefficient (Wildman–Crippen LogP) is 5.03. The van der Waals surface area contributed by atoms with Crippen molar-refractivity contribution in [1.29, 1.82) is 5.26 Å². The molecule has 0 aliphatic rings. The van der Waals surface area contributed by atoms with Crippen LogP contribution in [-0.4, -0.2) is 0 Å². The summed E-state index contributed by atoms with van der Waals surface area (Å²) in [6, 6.07) is 8.04. The van der Waals surface area contributed by atoms with Gasteiger partial charge in [-0.1, -0.05) is 43.1 Å². The van der Waals surface area contributed by atoms with E-state index in [4.69, 9.17) is 16.9 Å². The van der Waals surface area contributed by atoms with Crippen LogP contribution in [0.15, 0.2) is 28.2 Å². The van der Waals surface area contributed by atoms with Crippen LogP contribution in [0.1, 0.15) is 30.9 Å². The molecule has 0 radical (unpaired) electrons. The van der Waals surface area contributed by atoms with Crippen molar-refractivity contribution in [3.63, 3.8) is 0 Å². The fourth-order valence-electron chi connectivity index (χ4n) is 1.44. The van der Waals surface area contributed by atoms with Gasteiger partial charge in [-0.3, -0.25) is 0 Å². The fourth-order valence-corrected chi connectivity index (χ4v) is 2.32. The minimum atomic E-state index is 0.555. The van der Waals surface area contributed by atoms with Gasteiger partial charge in [0.15, 0.2) is 0 Å². The lowest BCUT2D eigenvalue weighted by atomic mass is 10.1. The van der Waals surface area contributed by atoms with E-state index in [1.807, 2.05) is 32.0 Å². The number of hydrogen-bond acceptors (Lipinski definition) is 1. The van der Waals surface area contributed by atoms with E-state index in [2.05, 4.69) is 22.0 Å². The summed E-state index contributed by atoms with van der Waals surface area (Å²) in [7, 11) is 0. The smallest absolute Gasteiger partial charge is 0.0962 e. The molecule has 0 saturated heterocycles. The third-order valence-electron chi connectivity index (χ3n) is 2.33. The zero-order valence-corrected chi connectivity index (χ0v) is 11.7. The van der Waals surface area contributed by atoms with Gasteiger partial charge in [-0.15, -0.1) is 0 Å². The summed E-state index contributed by atoms with van der Waals surface area (Å²) in [5, 5.41) is 9.60. The average molecular weight is 299 g/mol. The number of aryl methyl sites for hydroxylation is 1. The van der Waals surface area contributed by atoms with E-state index < -0.39 is 0 Å². The SMILES string of the molecule is CCC/C(C#N)=C(/Cl)c1cccc(C)c1Br. The van der Waals surface area contributed by atoms with E-state index in [1.165, 1.54) is 0 Å². The van der Waals surface area contributed by atoms with Gasteiger partial charge in [0.2, 0.25) is 0 Å². The monoisotopic (exact) mass is 297 g/mol. The van der Waals surface area contributed by atoms with Gasteiger partial charge >= 0.3 is 0 Å². The summed E-state index contributed by atoms with van der Waals surface area (Å²) in [5.74, 6) is 0. The Morgan fingerprint density at radius 3 is 2.75 bits per heavy atom. The number of benzene rings is 1. The molecule has 0 amide bonds. The molecule has 1 aromatic rings. The molecule has 1 rings (SSSR count). The van der Waals surface area contributed by atoms with Crippen molar-refractivity contribution in [3.8, 4) is 6.07 Å². The zero-order chi connectivity index (χ0) is 12.1. The van der Waals surface area contributed by atoms with E-state index in [9.17, 15) is 0 Å². The van der Waals surface area contributed by atoms with Crippen molar-refractivity contribution in [2.45, 2.75) is 26.7 Å². The first kappa shape index (κ1) is 13.3. The molecular formula is C13H13BrClN. The number of nitriles is 1. The summed E-state index contributed by atoms with van der Waals surface area (Å²) in [6.07, 6.45) is 1.64. The minimum Gasteiger partial charge on any atom is -0.193 e. The van der Waals surface area contributed by atoms with Gasteiger partial charge in [-0.05, 0) is 34.8 Å². The van der Waals surface area contributed by atoms with Gasteiger partial charge in [0, 0.05) is 15.6 Å². The molecule has 3 heteroatoms. The molecule has 0 unspecified atom stereocenters. The number of allylic oxidation sites excluding steroid dienone is 1. The molecule has 0 fully saturated rings. The highest BCUT2D eigenvalue weighted by molar-refractivity contribution is 9.10. The zero-order valence-electron chi connectivity index (χ0n) is 9.35. The molecule has 16 heavy (non-hydrogen) atoms. The molecule has 0 aromatic heterocycles. The van der Waals surface area contributed by atoms with E-state index in [-0.39, 0.29) is 0 Å². The number of nitrogens with zero attached hydrogens (tertiary/aromatic N) is 1.